The standard InChI is InChI=1S/C21H36N6O2/c1-3-5-19-22-21(23-29-19)26-10-7-18(8-11-26)27-9-4-6-17(16-27)20(28)25-14-12-24(2)13-15-25/h17-18H,3-16H2,1-2H3. The second-order valence-electron chi connectivity index (χ2n) is 8.92. The van der Waals surface area contributed by atoms with E-state index >= 15 is 0 Å². The van der Waals surface area contributed by atoms with Gasteiger partial charge in [-0.15, -0.1) is 0 Å². The number of piperazine rings is 1. The SMILES string of the molecule is CCCc1nc(N2CCC(N3CCCC(C(=O)N4CCN(C)CC4)C3)CC2)no1. The van der Waals surface area contributed by atoms with Crippen LogP contribution in [0, 0.1) is 5.92 Å². The number of piperidine rings is 2. The number of anilines is 1. The van der Waals surface area contributed by atoms with Gasteiger partial charge in [0.25, 0.3) is 5.95 Å². The molecule has 29 heavy (non-hydrogen) atoms. The van der Waals surface area contributed by atoms with Gasteiger partial charge in [-0.25, -0.2) is 0 Å². The molecule has 0 aromatic carbocycles. The highest BCUT2D eigenvalue weighted by Crippen LogP contribution is 2.26. The summed E-state index contributed by atoms with van der Waals surface area (Å²) in [5.74, 6) is 2.05. The maximum absolute atomic E-state index is 13.0. The minimum absolute atomic E-state index is 0.180. The van der Waals surface area contributed by atoms with Gasteiger partial charge in [0.2, 0.25) is 11.8 Å². The van der Waals surface area contributed by atoms with E-state index in [2.05, 4.69) is 43.7 Å². The Morgan fingerprint density at radius 1 is 1.07 bits per heavy atom. The molecule has 0 spiro atoms. The predicted molar refractivity (Wildman–Crippen MR) is 112 cm³/mol. The van der Waals surface area contributed by atoms with E-state index < -0.39 is 0 Å². The van der Waals surface area contributed by atoms with Crippen LogP contribution in [-0.2, 0) is 11.2 Å². The molecule has 3 aliphatic rings. The van der Waals surface area contributed by atoms with Crippen LogP contribution in [0.3, 0.4) is 0 Å². The summed E-state index contributed by atoms with van der Waals surface area (Å²) in [5.41, 5.74) is 0. The summed E-state index contributed by atoms with van der Waals surface area (Å²) in [7, 11) is 2.13. The quantitative estimate of drug-likeness (QED) is 0.736. The molecule has 0 N–H and O–H groups in total. The van der Waals surface area contributed by atoms with E-state index in [4.69, 9.17) is 4.52 Å². The minimum Gasteiger partial charge on any atom is -0.340 e. The lowest BCUT2D eigenvalue weighted by atomic mass is 9.92. The van der Waals surface area contributed by atoms with Crippen molar-refractivity contribution >= 4 is 11.9 Å². The van der Waals surface area contributed by atoms with Crippen molar-refractivity contribution in [3.8, 4) is 0 Å². The van der Waals surface area contributed by atoms with Crippen molar-refractivity contribution in [1.82, 2.24) is 24.8 Å². The summed E-state index contributed by atoms with van der Waals surface area (Å²) >= 11 is 0. The first-order chi connectivity index (χ1) is 14.1. The minimum atomic E-state index is 0.180. The number of hydrogen-bond acceptors (Lipinski definition) is 7. The Bertz CT molecular complexity index is 664. The number of rotatable bonds is 5. The van der Waals surface area contributed by atoms with E-state index in [-0.39, 0.29) is 5.92 Å². The molecule has 8 heteroatoms. The molecule has 8 nitrogen and oxygen atoms in total. The maximum atomic E-state index is 13.0. The first-order valence-electron chi connectivity index (χ1n) is 11.4. The Hall–Kier alpha value is -1.67. The zero-order chi connectivity index (χ0) is 20.2. The number of carbonyl (C=O) groups excluding carboxylic acids is 1. The number of carbonyl (C=O) groups is 1. The fourth-order valence-electron chi connectivity index (χ4n) is 4.95. The molecule has 1 unspecified atom stereocenters. The Balaban J connectivity index is 1.27. The second-order valence-corrected chi connectivity index (χ2v) is 8.92. The molecular weight excluding hydrogens is 368 g/mol. The number of aromatic nitrogens is 2. The fourth-order valence-corrected chi connectivity index (χ4v) is 4.95. The van der Waals surface area contributed by atoms with Crippen LogP contribution in [0.15, 0.2) is 4.52 Å². The molecule has 0 saturated carbocycles. The molecule has 3 aliphatic heterocycles. The molecular formula is C21H36N6O2. The molecule has 4 heterocycles. The predicted octanol–water partition coefficient (Wildman–Crippen LogP) is 1.48. The van der Waals surface area contributed by atoms with E-state index in [1.807, 2.05) is 0 Å². The number of likely N-dealkylation sites (tertiary alicyclic amines) is 1. The summed E-state index contributed by atoms with van der Waals surface area (Å²) in [5, 5.41) is 4.16. The van der Waals surface area contributed by atoms with Gasteiger partial charge in [-0.3, -0.25) is 9.69 Å². The average Bonchev–Trinajstić information content (AvgIpc) is 3.23. The average molecular weight is 405 g/mol. The molecule has 1 atom stereocenters. The molecule has 1 aromatic rings. The fraction of sp³-hybridized carbons (Fsp3) is 0.857. The van der Waals surface area contributed by atoms with E-state index in [0.29, 0.717) is 11.9 Å². The highest BCUT2D eigenvalue weighted by atomic mass is 16.5. The first-order valence-corrected chi connectivity index (χ1v) is 11.4. The molecule has 1 amide bonds. The molecule has 1 aromatic heterocycles. The highest BCUT2D eigenvalue weighted by Gasteiger charge is 2.34. The van der Waals surface area contributed by atoms with Gasteiger partial charge in [-0.1, -0.05) is 6.92 Å². The van der Waals surface area contributed by atoms with Crippen LogP contribution in [0.2, 0.25) is 0 Å². The van der Waals surface area contributed by atoms with E-state index in [0.717, 1.165) is 103 Å². The molecule has 0 aliphatic carbocycles. The normalized spacial score (nSPS) is 25.5. The third-order valence-electron chi connectivity index (χ3n) is 6.80. The second kappa shape index (κ2) is 9.43. The first kappa shape index (κ1) is 20.6. The monoisotopic (exact) mass is 404 g/mol. The number of likely N-dealkylation sites (N-methyl/N-ethyl adjacent to an activating group) is 1. The van der Waals surface area contributed by atoms with Crippen LogP contribution >= 0.6 is 0 Å². The van der Waals surface area contributed by atoms with Crippen molar-refractivity contribution in [2.24, 2.45) is 5.92 Å². The smallest absolute Gasteiger partial charge is 0.266 e. The number of nitrogens with zero attached hydrogens (tertiary/aromatic N) is 6. The van der Waals surface area contributed by atoms with Crippen LogP contribution < -0.4 is 4.90 Å². The Morgan fingerprint density at radius 2 is 1.83 bits per heavy atom. The van der Waals surface area contributed by atoms with Crippen LogP contribution in [0.5, 0.6) is 0 Å². The zero-order valence-corrected chi connectivity index (χ0v) is 18.1. The van der Waals surface area contributed by atoms with Crippen molar-refractivity contribution in [2.75, 3.05) is 64.3 Å². The molecule has 0 bridgehead atoms. The molecule has 3 saturated heterocycles. The van der Waals surface area contributed by atoms with Crippen LogP contribution in [0.1, 0.15) is 44.9 Å². The Morgan fingerprint density at radius 3 is 2.55 bits per heavy atom. The number of amides is 1. The Kier molecular flexibility index (Phi) is 6.70. The summed E-state index contributed by atoms with van der Waals surface area (Å²) in [6, 6.07) is 0.566. The van der Waals surface area contributed by atoms with Gasteiger partial charge in [0.1, 0.15) is 0 Å². The maximum Gasteiger partial charge on any atom is 0.266 e. The topological polar surface area (TPSA) is 69.0 Å². The summed E-state index contributed by atoms with van der Waals surface area (Å²) < 4.78 is 5.35. The third-order valence-corrected chi connectivity index (χ3v) is 6.80. The number of aryl methyl sites for hydroxylation is 1. The van der Waals surface area contributed by atoms with Crippen LogP contribution in [-0.4, -0.2) is 96.2 Å². The van der Waals surface area contributed by atoms with Gasteiger partial charge in [-0.2, -0.15) is 4.98 Å². The number of hydrogen-bond donors (Lipinski definition) is 0. The largest absolute Gasteiger partial charge is 0.340 e. The van der Waals surface area contributed by atoms with E-state index in [1.165, 1.54) is 0 Å². The van der Waals surface area contributed by atoms with Crippen LogP contribution in [0.25, 0.3) is 0 Å². The van der Waals surface area contributed by atoms with Gasteiger partial charge < -0.3 is 19.2 Å². The molecule has 4 rings (SSSR count). The van der Waals surface area contributed by atoms with Crippen LogP contribution in [0.4, 0.5) is 5.95 Å². The third kappa shape index (κ3) is 4.91. The van der Waals surface area contributed by atoms with E-state index in [1.54, 1.807) is 0 Å². The Labute approximate surface area is 174 Å². The van der Waals surface area contributed by atoms with Gasteiger partial charge in [0.05, 0.1) is 5.92 Å². The van der Waals surface area contributed by atoms with Crippen molar-refractivity contribution < 1.29 is 9.32 Å². The van der Waals surface area contributed by atoms with E-state index in [9.17, 15) is 4.79 Å². The summed E-state index contributed by atoms with van der Waals surface area (Å²) in [6.07, 6.45) is 6.26. The highest BCUT2D eigenvalue weighted by molar-refractivity contribution is 5.79. The molecule has 0 radical (unpaired) electrons. The van der Waals surface area contributed by atoms with Gasteiger partial charge in [-0.05, 0) is 50.9 Å². The van der Waals surface area contributed by atoms with Crippen molar-refractivity contribution in [3.05, 3.63) is 5.89 Å². The zero-order valence-electron chi connectivity index (χ0n) is 18.1. The van der Waals surface area contributed by atoms with Gasteiger partial charge >= 0.3 is 0 Å². The van der Waals surface area contributed by atoms with Crippen molar-refractivity contribution in [3.63, 3.8) is 0 Å². The van der Waals surface area contributed by atoms with Crippen molar-refractivity contribution in [1.29, 1.82) is 0 Å². The molecule has 3 fully saturated rings. The summed E-state index contributed by atoms with van der Waals surface area (Å²) in [4.78, 5) is 26.8. The van der Waals surface area contributed by atoms with Crippen molar-refractivity contribution in [2.45, 2.75) is 51.5 Å². The van der Waals surface area contributed by atoms with Gasteiger partial charge in [0.15, 0.2) is 0 Å². The lowest BCUT2D eigenvalue weighted by Crippen LogP contribution is -2.54. The molecule has 162 valence electrons. The lowest BCUT2D eigenvalue weighted by molar-refractivity contribution is -0.139. The lowest BCUT2D eigenvalue weighted by Gasteiger charge is -2.43. The van der Waals surface area contributed by atoms with Gasteiger partial charge in [0, 0.05) is 58.3 Å². The summed E-state index contributed by atoms with van der Waals surface area (Å²) in [6.45, 7) is 9.86.